The first-order valence-corrected chi connectivity index (χ1v) is 9.05. The Morgan fingerprint density at radius 1 is 1.48 bits per heavy atom. The van der Waals surface area contributed by atoms with Crippen LogP contribution in [0.3, 0.4) is 0 Å². The van der Waals surface area contributed by atoms with Crippen LogP contribution in [0, 0.1) is 5.92 Å². The monoisotopic (exact) mass is 339 g/mol. The molecule has 0 radical (unpaired) electrons. The second kappa shape index (κ2) is 6.32. The molecule has 0 fully saturated rings. The molecule has 3 atom stereocenters. The van der Waals surface area contributed by atoms with Gasteiger partial charge in [0.1, 0.15) is 0 Å². The highest BCUT2D eigenvalue weighted by Crippen LogP contribution is 2.39. The van der Waals surface area contributed by atoms with Gasteiger partial charge in [-0.1, -0.05) is 25.1 Å². The number of fused-ring (bicyclic) bond motifs is 2. The zero-order valence-corrected chi connectivity index (χ0v) is 14.7. The first kappa shape index (κ1) is 16.4. The van der Waals surface area contributed by atoms with Gasteiger partial charge in [0.15, 0.2) is 0 Å². The summed E-state index contributed by atoms with van der Waals surface area (Å²) < 4.78 is 0. The third-order valence-corrected chi connectivity index (χ3v) is 5.68. The molecule has 3 N–H and O–H groups in total. The predicted molar refractivity (Wildman–Crippen MR) is 99.2 cm³/mol. The number of carbonyl (C=O) groups excluding carboxylic acids is 1. The van der Waals surface area contributed by atoms with Gasteiger partial charge < -0.3 is 15.4 Å². The second-order valence-electron chi connectivity index (χ2n) is 7.23. The summed E-state index contributed by atoms with van der Waals surface area (Å²) >= 11 is 0. The second-order valence-corrected chi connectivity index (χ2v) is 7.23. The van der Waals surface area contributed by atoms with Gasteiger partial charge in [0.25, 0.3) is 0 Å². The number of nitrogens with zero attached hydrogens (tertiary/aromatic N) is 1. The van der Waals surface area contributed by atoms with E-state index in [1.54, 1.807) is 0 Å². The number of likely N-dealkylation sites (N-methyl/N-ethyl adjacent to an activating group) is 1. The maximum absolute atomic E-state index is 12.4. The summed E-state index contributed by atoms with van der Waals surface area (Å²) in [5.74, 6) is -0.387. The summed E-state index contributed by atoms with van der Waals surface area (Å²) in [6, 6.07) is 6.70. The Hall–Kier alpha value is -2.11. The molecular formula is C20H25N3O2. The van der Waals surface area contributed by atoms with E-state index in [0.29, 0.717) is 12.5 Å². The van der Waals surface area contributed by atoms with Gasteiger partial charge in [-0.15, -0.1) is 0 Å². The van der Waals surface area contributed by atoms with Gasteiger partial charge in [0, 0.05) is 29.7 Å². The number of benzene rings is 1. The van der Waals surface area contributed by atoms with Gasteiger partial charge in [-0.25, -0.2) is 0 Å². The number of aromatic amines is 1. The third kappa shape index (κ3) is 2.68. The Labute approximate surface area is 147 Å². The molecule has 5 heteroatoms. The standard InChI is InChI=1S/C20H25N3O2/c1-3-12(11-24)20(25)22-14-8-16-15-5-4-6-17-19(15)13(9-21-17)7-18(16)23(2)10-14/h4-6,8-9,12,14,18,21,24H,3,7,10-11H2,1-2H3,(H,22,25). The molecule has 4 rings (SSSR count). The van der Waals surface area contributed by atoms with Crippen molar-refractivity contribution in [3.05, 3.63) is 41.6 Å². The van der Waals surface area contributed by atoms with Crippen LogP contribution < -0.4 is 5.32 Å². The van der Waals surface area contributed by atoms with E-state index in [4.69, 9.17) is 0 Å². The number of H-pyrrole nitrogens is 1. The highest BCUT2D eigenvalue weighted by atomic mass is 16.3. The molecule has 2 heterocycles. The molecule has 5 nitrogen and oxygen atoms in total. The Balaban J connectivity index is 1.69. The molecule has 0 saturated heterocycles. The minimum atomic E-state index is -0.326. The number of aliphatic hydroxyl groups is 1. The van der Waals surface area contributed by atoms with E-state index in [1.165, 1.54) is 27.6 Å². The lowest BCUT2D eigenvalue weighted by Gasteiger charge is -2.40. The zero-order chi connectivity index (χ0) is 17.6. The van der Waals surface area contributed by atoms with E-state index in [9.17, 15) is 9.90 Å². The topological polar surface area (TPSA) is 68.4 Å². The summed E-state index contributed by atoms with van der Waals surface area (Å²) in [5, 5.41) is 13.8. The van der Waals surface area contributed by atoms with Crippen molar-refractivity contribution in [1.29, 1.82) is 0 Å². The van der Waals surface area contributed by atoms with Crippen molar-refractivity contribution in [2.45, 2.75) is 31.8 Å². The van der Waals surface area contributed by atoms with Crippen molar-refractivity contribution < 1.29 is 9.90 Å². The number of aliphatic hydroxyl groups excluding tert-OH is 1. The van der Waals surface area contributed by atoms with Gasteiger partial charge in [0.05, 0.1) is 18.6 Å². The molecule has 0 bridgehead atoms. The summed E-state index contributed by atoms with van der Waals surface area (Å²) in [4.78, 5) is 18.1. The van der Waals surface area contributed by atoms with Crippen LogP contribution in [0.5, 0.6) is 0 Å². The third-order valence-electron chi connectivity index (χ3n) is 5.68. The lowest BCUT2D eigenvalue weighted by Crippen LogP contribution is -2.51. The number of hydrogen-bond acceptors (Lipinski definition) is 3. The maximum Gasteiger partial charge on any atom is 0.225 e. The first-order chi connectivity index (χ1) is 12.1. The van der Waals surface area contributed by atoms with Crippen molar-refractivity contribution >= 4 is 22.4 Å². The average molecular weight is 339 g/mol. The molecule has 1 amide bonds. The van der Waals surface area contributed by atoms with Crippen LogP contribution in [0.1, 0.15) is 24.5 Å². The largest absolute Gasteiger partial charge is 0.396 e. The van der Waals surface area contributed by atoms with E-state index in [1.807, 2.05) is 6.92 Å². The molecule has 2 aromatic rings. The predicted octanol–water partition coefficient (Wildman–Crippen LogP) is 1.92. The molecule has 0 saturated carbocycles. The summed E-state index contributed by atoms with van der Waals surface area (Å²) in [5.41, 5.74) is 5.11. The molecule has 1 aliphatic carbocycles. The minimum absolute atomic E-state index is 0.0277. The molecule has 1 aromatic carbocycles. The van der Waals surface area contributed by atoms with E-state index in [0.717, 1.165) is 13.0 Å². The highest BCUT2D eigenvalue weighted by Gasteiger charge is 2.34. The number of amides is 1. The van der Waals surface area contributed by atoms with Crippen LogP contribution in [0.15, 0.2) is 30.5 Å². The Morgan fingerprint density at radius 2 is 2.32 bits per heavy atom. The number of rotatable bonds is 4. The number of carbonyl (C=O) groups is 1. The van der Waals surface area contributed by atoms with Crippen LogP contribution in [-0.4, -0.2) is 53.2 Å². The lowest BCUT2D eigenvalue weighted by molar-refractivity contribution is -0.126. The molecule has 2 aliphatic rings. The molecule has 0 spiro atoms. The maximum atomic E-state index is 12.4. The van der Waals surface area contributed by atoms with E-state index in [2.05, 4.69) is 52.7 Å². The minimum Gasteiger partial charge on any atom is -0.396 e. The quantitative estimate of drug-likeness (QED) is 0.797. The molecule has 25 heavy (non-hydrogen) atoms. The van der Waals surface area contributed by atoms with Crippen LogP contribution >= 0.6 is 0 Å². The Morgan fingerprint density at radius 3 is 3.08 bits per heavy atom. The van der Waals surface area contributed by atoms with Crippen LogP contribution in [0.25, 0.3) is 16.5 Å². The summed E-state index contributed by atoms with van der Waals surface area (Å²) in [6.07, 6.45) is 5.99. The normalized spacial score (nSPS) is 23.9. The SMILES string of the molecule is CCC(CO)C(=O)NC1C=C2c3cccc4[nH]cc(c34)CC2N(C)C1. The lowest BCUT2D eigenvalue weighted by atomic mass is 9.81. The van der Waals surface area contributed by atoms with Crippen LogP contribution in [-0.2, 0) is 11.2 Å². The molecule has 132 valence electrons. The fourth-order valence-electron chi connectivity index (χ4n) is 4.24. The van der Waals surface area contributed by atoms with Crippen LogP contribution in [0.2, 0.25) is 0 Å². The van der Waals surface area contributed by atoms with Crippen molar-refractivity contribution in [2.75, 3.05) is 20.2 Å². The van der Waals surface area contributed by atoms with Gasteiger partial charge in [-0.2, -0.15) is 0 Å². The Bertz CT molecular complexity index is 835. The summed E-state index contributed by atoms with van der Waals surface area (Å²) in [6.45, 7) is 2.62. The number of aromatic nitrogens is 1. The fraction of sp³-hybridized carbons (Fsp3) is 0.450. The van der Waals surface area contributed by atoms with E-state index < -0.39 is 0 Å². The zero-order valence-electron chi connectivity index (χ0n) is 14.7. The van der Waals surface area contributed by atoms with Crippen LogP contribution in [0.4, 0.5) is 0 Å². The van der Waals surface area contributed by atoms with Gasteiger partial charge >= 0.3 is 0 Å². The van der Waals surface area contributed by atoms with Crippen molar-refractivity contribution in [3.8, 4) is 0 Å². The molecule has 1 aromatic heterocycles. The van der Waals surface area contributed by atoms with Crippen molar-refractivity contribution in [2.24, 2.45) is 5.92 Å². The van der Waals surface area contributed by atoms with Crippen molar-refractivity contribution in [1.82, 2.24) is 15.2 Å². The average Bonchev–Trinajstić information content (AvgIpc) is 3.02. The highest BCUT2D eigenvalue weighted by molar-refractivity contribution is 5.98. The first-order valence-electron chi connectivity index (χ1n) is 9.05. The summed E-state index contributed by atoms with van der Waals surface area (Å²) in [7, 11) is 2.12. The van der Waals surface area contributed by atoms with Gasteiger partial charge in [-0.05, 0) is 42.7 Å². The molecular weight excluding hydrogens is 314 g/mol. The molecule has 1 aliphatic heterocycles. The fourth-order valence-corrected chi connectivity index (χ4v) is 4.24. The van der Waals surface area contributed by atoms with E-state index >= 15 is 0 Å². The van der Waals surface area contributed by atoms with Gasteiger partial charge in [0.2, 0.25) is 5.91 Å². The van der Waals surface area contributed by atoms with Gasteiger partial charge in [-0.3, -0.25) is 9.69 Å². The smallest absolute Gasteiger partial charge is 0.225 e. The van der Waals surface area contributed by atoms with Crippen molar-refractivity contribution in [3.63, 3.8) is 0 Å². The number of nitrogens with one attached hydrogen (secondary N) is 2. The van der Waals surface area contributed by atoms with E-state index in [-0.39, 0.29) is 24.5 Å². The molecule has 3 unspecified atom stereocenters. The Kier molecular flexibility index (Phi) is 4.13. The number of hydrogen-bond donors (Lipinski definition) is 3.